The summed E-state index contributed by atoms with van der Waals surface area (Å²) in [5, 5.41) is 2.91. The smallest absolute Gasteiger partial charge is 0.223 e. The third-order valence-electron chi connectivity index (χ3n) is 5.56. The van der Waals surface area contributed by atoms with Crippen molar-refractivity contribution < 1.29 is 17.9 Å². The van der Waals surface area contributed by atoms with Crippen molar-refractivity contribution in [2.45, 2.75) is 32.4 Å². The summed E-state index contributed by atoms with van der Waals surface area (Å²) in [6, 6.07) is 15.1. The summed E-state index contributed by atoms with van der Waals surface area (Å²) in [5.41, 5.74) is 3.17. The number of carbonyl (C=O) groups is 1. The van der Waals surface area contributed by atoms with Crippen LogP contribution in [0.15, 0.2) is 48.5 Å². The standard InChI is InChI=1S/C23H30N2O4S/c1-18-8-9-22(16-19(18)2)29-15-12-24-23(26)21-10-13-25(14-11-21)30(27,28)17-20-6-4-3-5-7-20/h3-9,16,21H,10-15,17H2,1-2H3,(H,24,26). The summed E-state index contributed by atoms with van der Waals surface area (Å²) in [5.74, 6) is 0.610. The van der Waals surface area contributed by atoms with Crippen LogP contribution >= 0.6 is 0 Å². The number of ether oxygens (including phenoxy) is 1. The maximum atomic E-state index is 12.6. The van der Waals surface area contributed by atoms with Crippen molar-refractivity contribution in [3.8, 4) is 5.75 Å². The molecule has 0 aliphatic carbocycles. The highest BCUT2D eigenvalue weighted by Gasteiger charge is 2.31. The molecule has 30 heavy (non-hydrogen) atoms. The van der Waals surface area contributed by atoms with E-state index < -0.39 is 10.0 Å². The molecule has 1 saturated heterocycles. The van der Waals surface area contributed by atoms with Crippen molar-refractivity contribution in [3.63, 3.8) is 0 Å². The molecule has 1 amide bonds. The summed E-state index contributed by atoms with van der Waals surface area (Å²) >= 11 is 0. The highest BCUT2D eigenvalue weighted by atomic mass is 32.2. The van der Waals surface area contributed by atoms with Crippen molar-refractivity contribution in [3.05, 3.63) is 65.2 Å². The van der Waals surface area contributed by atoms with Crippen molar-refractivity contribution >= 4 is 15.9 Å². The number of carbonyl (C=O) groups excluding carboxylic acids is 1. The number of benzene rings is 2. The maximum Gasteiger partial charge on any atom is 0.223 e. The van der Waals surface area contributed by atoms with E-state index in [0.29, 0.717) is 39.1 Å². The van der Waals surface area contributed by atoms with Gasteiger partial charge in [0.1, 0.15) is 12.4 Å². The lowest BCUT2D eigenvalue weighted by atomic mass is 9.97. The first kappa shape index (κ1) is 22.3. The average Bonchev–Trinajstić information content (AvgIpc) is 2.74. The monoisotopic (exact) mass is 430 g/mol. The average molecular weight is 431 g/mol. The molecule has 3 rings (SSSR count). The Balaban J connectivity index is 1.40. The van der Waals surface area contributed by atoms with Gasteiger partial charge < -0.3 is 10.1 Å². The van der Waals surface area contributed by atoms with Gasteiger partial charge in [-0.05, 0) is 55.5 Å². The topological polar surface area (TPSA) is 75.7 Å². The lowest BCUT2D eigenvalue weighted by molar-refractivity contribution is -0.126. The molecule has 1 heterocycles. The molecule has 0 saturated carbocycles. The number of amides is 1. The van der Waals surface area contributed by atoms with Crippen LogP contribution in [0.3, 0.4) is 0 Å². The highest BCUT2D eigenvalue weighted by molar-refractivity contribution is 7.88. The van der Waals surface area contributed by atoms with E-state index in [1.165, 1.54) is 15.4 Å². The zero-order chi connectivity index (χ0) is 21.6. The van der Waals surface area contributed by atoms with E-state index in [2.05, 4.69) is 12.2 Å². The molecule has 162 valence electrons. The molecule has 2 aromatic rings. The van der Waals surface area contributed by atoms with Gasteiger partial charge >= 0.3 is 0 Å². The van der Waals surface area contributed by atoms with Crippen LogP contribution in [-0.4, -0.2) is 44.9 Å². The van der Waals surface area contributed by atoms with E-state index in [1.807, 2.05) is 55.5 Å². The number of nitrogens with one attached hydrogen (secondary N) is 1. The lowest BCUT2D eigenvalue weighted by Gasteiger charge is -2.30. The summed E-state index contributed by atoms with van der Waals surface area (Å²) < 4.78 is 32.5. The Bertz CT molecular complexity index is 952. The molecule has 0 spiro atoms. The molecule has 7 heteroatoms. The minimum absolute atomic E-state index is 0.000523. The van der Waals surface area contributed by atoms with Gasteiger partial charge in [-0.2, -0.15) is 0 Å². The maximum absolute atomic E-state index is 12.6. The molecule has 0 atom stereocenters. The van der Waals surface area contributed by atoms with Crippen molar-refractivity contribution in [1.29, 1.82) is 0 Å². The number of hydrogen-bond donors (Lipinski definition) is 1. The minimum atomic E-state index is -3.36. The van der Waals surface area contributed by atoms with E-state index >= 15 is 0 Å². The molecule has 1 N–H and O–H groups in total. The lowest BCUT2D eigenvalue weighted by Crippen LogP contribution is -2.43. The molecule has 2 aromatic carbocycles. The van der Waals surface area contributed by atoms with E-state index in [4.69, 9.17) is 4.74 Å². The zero-order valence-electron chi connectivity index (χ0n) is 17.6. The van der Waals surface area contributed by atoms with Gasteiger partial charge in [0.05, 0.1) is 12.3 Å². The van der Waals surface area contributed by atoms with E-state index in [1.54, 1.807) is 0 Å². The van der Waals surface area contributed by atoms with Crippen LogP contribution in [0.1, 0.15) is 29.5 Å². The van der Waals surface area contributed by atoms with E-state index in [-0.39, 0.29) is 17.6 Å². The Morgan fingerprint density at radius 3 is 2.43 bits per heavy atom. The van der Waals surface area contributed by atoms with Gasteiger partial charge in [0, 0.05) is 19.0 Å². The Labute approximate surface area is 179 Å². The van der Waals surface area contributed by atoms with Gasteiger partial charge in [-0.3, -0.25) is 4.79 Å². The second kappa shape index (κ2) is 10.1. The first-order chi connectivity index (χ1) is 14.3. The molecular weight excluding hydrogens is 400 g/mol. The number of aryl methyl sites for hydroxylation is 2. The Morgan fingerprint density at radius 1 is 1.07 bits per heavy atom. The van der Waals surface area contributed by atoms with Crippen molar-refractivity contribution in [1.82, 2.24) is 9.62 Å². The number of piperidine rings is 1. The van der Waals surface area contributed by atoms with E-state index in [0.717, 1.165) is 11.3 Å². The fraction of sp³-hybridized carbons (Fsp3) is 0.435. The Hall–Kier alpha value is -2.38. The van der Waals surface area contributed by atoms with Gasteiger partial charge in [0.25, 0.3) is 0 Å². The van der Waals surface area contributed by atoms with Crippen LogP contribution in [0, 0.1) is 19.8 Å². The molecule has 1 aliphatic heterocycles. The fourth-order valence-electron chi connectivity index (χ4n) is 3.56. The summed E-state index contributed by atoms with van der Waals surface area (Å²) in [6.45, 7) is 5.68. The first-order valence-electron chi connectivity index (χ1n) is 10.3. The molecule has 0 unspecified atom stereocenters. The quantitative estimate of drug-likeness (QED) is 0.653. The molecule has 0 aromatic heterocycles. The first-order valence-corrected chi connectivity index (χ1v) is 12.0. The summed E-state index contributed by atoms with van der Waals surface area (Å²) in [6.07, 6.45) is 1.08. The highest BCUT2D eigenvalue weighted by Crippen LogP contribution is 2.22. The number of sulfonamides is 1. The van der Waals surface area contributed by atoms with Gasteiger partial charge in [-0.15, -0.1) is 0 Å². The van der Waals surface area contributed by atoms with Crippen LogP contribution in [-0.2, 0) is 20.6 Å². The molecule has 0 radical (unpaired) electrons. The normalized spacial score (nSPS) is 15.7. The third kappa shape index (κ3) is 6.06. The predicted molar refractivity (Wildman–Crippen MR) is 118 cm³/mol. The number of nitrogens with zero attached hydrogens (tertiary/aromatic N) is 1. The van der Waals surface area contributed by atoms with Crippen LogP contribution in [0.4, 0.5) is 0 Å². The SMILES string of the molecule is Cc1ccc(OCCNC(=O)C2CCN(S(=O)(=O)Cc3ccccc3)CC2)cc1C. The third-order valence-corrected chi connectivity index (χ3v) is 7.41. The van der Waals surface area contributed by atoms with Crippen LogP contribution in [0.25, 0.3) is 0 Å². The van der Waals surface area contributed by atoms with Crippen LogP contribution < -0.4 is 10.1 Å². The van der Waals surface area contributed by atoms with Gasteiger partial charge in [0.15, 0.2) is 0 Å². The predicted octanol–water partition coefficient (Wildman–Crippen LogP) is 3.04. The second-order valence-electron chi connectivity index (χ2n) is 7.80. The molecule has 1 fully saturated rings. The number of hydrogen-bond acceptors (Lipinski definition) is 4. The molecule has 6 nitrogen and oxygen atoms in total. The van der Waals surface area contributed by atoms with Gasteiger partial charge in [-0.1, -0.05) is 36.4 Å². The van der Waals surface area contributed by atoms with E-state index in [9.17, 15) is 13.2 Å². The largest absolute Gasteiger partial charge is 0.492 e. The zero-order valence-corrected chi connectivity index (χ0v) is 18.5. The molecule has 0 bridgehead atoms. The fourth-order valence-corrected chi connectivity index (χ4v) is 5.13. The van der Waals surface area contributed by atoms with Crippen molar-refractivity contribution in [2.75, 3.05) is 26.2 Å². The minimum Gasteiger partial charge on any atom is -0.492 e. The Kier molecular flexibility index (Phi) is 7.50. The number of rotatable bonds is 8. The Morgan fingerprint density at radius 2 is 1.77 bits per heavy atom. The summed E-state index contributed by atoms with van der Waals surface area (Å²) in [7, 11) is -3.36. The van der Waals surface area contributed by atoms with Crippen LogP contribution in [0.5, 0.6) is 5.75 Å². The van der Waals surface area contributed by atoms with Gasteiger partial charge in [0.2, 0.25) is 15.9 Å². The molecule has 1 aliphatic rings. The van der Waals surface area contributed by atoms with Gasteiger partial charge in [-0.25, -0.2) is 12.7 Å². The van der Waals surface area contributed by atoms with Crippen LogP contribution in [0.2, 0.25) is 0 Å². The summed E-state index contributed by atoms with van der Waals surface area (Å²) in [4.78, 5) is 12.4. The second-order valence-corrected chi connectivity index (χ2v) is 9.77. The molecular formula is C23H30N2O4S. The van der Waals surface area contributed by atoms with Crippen molar-refractivity contribution in [2.24, 2.45) is 5.92 Å².